The molecule has 0 saturated carbocycles. The second-order valence-corrected chi connectivity index (χ2v) is 5.00. The van der Waals surface area contributed by atoms with Gasteiger partial charge in [0.2, 0.25) is 10.0 Å². The van der Waals surface area contributed by atoms with Crippen LogP contribution in [0.2, 0.25) is 0 Å². The molecule has 0 fully saturated rings. The fourth-order valence-corrected chi connectivity index (χ4v) is 2.13. The van der Waals surface area contributed by atoms with Crippen LogP contribution in [0.4, 0.5) is 0 Å². The third kappa shape index (κ3) is 7.29. The molecule has 0 heterocycles. The summed E-state index contributed by atoms with van der Waals surface area (Å²) in [6.45, 7) is 3.80. The van der Waals surface area contributed by atoms with E-state index in [4.69, 9.17) is 5.73 Å². The van der Waals surface area contributed by atoms with Crippen LogP contribution >= 0.6 is 0 Å². The Hall–Kier alpha value is -0.660. The van der Waals surface area contributed by atoms with Gasteiger partial charge in [-0.3, -0.25) is 4.79 Å². The first-order valence-electron chi connectivity index (χ1n) is 4.77. The topological polar surface area (TPSA) is 98.5 Å². The molecule has 7 heteroatoms. The summed E-state index contributed by atoms with van der Waals surface area (Å²) < 4.78 is 29.6. The summed E-state index contributed by atoms with van der Waals surface area (Å²) in [7, 11) is -3.44. The molecule has 0 amide bonds. The highest BCUT2D eigenvalue weighted by atomic mass is 32.2. The molecular formula is C8H18N2O4S. The van der Waals surface area contributed by atoms with Crippen molar-refractivity contribution in [3.63, 3.8) is 0 Å². The van der Waals surface area contributed by atoms with Crippen molar-refractivity contribution in [1.29, 1.82) is 0 Å². The summed E-state index contributed by atoms with van der Waals surface area (Å²) in [5.74, 6) is -0.779. The first-order valence-corrected chi connectivity index (χ1v) is 6.42. The Morgan fingerprint density at radius 3 is 2.60 bits per heavy atom. The van der Waals surface area contributed by atoms with E-state index in [0.717, 1.165) is 0 Å². The summed E-state index contributed by atoms with van der Waals surface area (Å²) >= 11 is 0. The summed E-state index contributed by atoms with van der Waals surface area (Å²) in [6.07, 6.45) is -0.138. The maximum absolute atomic E-state index is 11.3. The molecule has 0 radical (unpaired) electrons. The summed E-state index contributed by atoms with van der Waals surface area (Å²) in [5, 5.41) is 0. The summed E-state index contributed by atoms with van der Waals surface area (Å²) in [4.78, 5) is 10.9. The SMILES string of the molecule is CCOC(=O)CCS(=O)(=O)N[C@H](C)CN. The van der Waals surface area contributed by atoms with E-state index in [9.17, 15) is 13.2 Å². The van der Waals surface area contributed by atoms with Gasteiger partial charge in [-0.05, 0) is 13.8 Å². The molecule has 0 spiro atoms. The van der Waals surface area contributed by atoms with Crippen LogP contribution in [0.1, 0.15) is 20.3 Å². The van der Waals surface area contributed by atoms with Gasteiger partial charge in [0.05, 0.1) is 18.8 Å². The molecule has 15 heavy (non-hydrogen) atoms. The van der Waals surface area contributed by atoms with Crippen LogP contribution in [0.15, 0.2) is 0 Å². The molecule has 0 rings (SSSR count). The molecule has 0 aromatic heterocycles. The Kier molecular flexibility index (Phi) is 6.46. The monoisotopic (exact) mass is 238 g/mol. The predicted octanol–water partition coefficient (Wildman–Crippen LogP) is -0.794. The molecule has 3 N–H and O–H groups in total. The Balaban J connectivity index is 3.99. The highest BCUT2D eigenvalue weighted by Crippen LogP contribution is 1.94. The predicted molar refractivity (Wildman–Crippen MR) is 56.7 cm³/mol. The lowest BCUT2D eigenvalue weighted by Gasteiger charge is -2.11. The first-order chi connectivity index (χ1) is 6.91. The normalized spacial score (nSPS) is 13.5. The maximum atomic E-state index is 11.3. The molecule has 0 aromatic carbocycles. The number of esters is 1. The van der Waals surface area contributed by atoms with Gasteiger partial charge in [-0.1, -0.05) is 0 Å². The van der Waals surface area contributed by atoms with Crippen molar-refractivity contribution < 1.29 is 17.9 Å². The van der Waals surface area contributed by atoms with Gasteiger partial charge in [0, 0.05) is 12.6 Å². The molecule has 90 valence electrons. The lowest BCUT2D eigenvalue weighted by atomic mass is 10.4. The smallest absolute Gasteiger partial charge is 0.306 e. The van der Waals surface area contributed by atoms with E-state index in [1.54, 1.807) is 13.8 Å². The first kappa shape index (κ1) is 14.3. The molecule has 0 aliphatic carbocycles. The van der Waals surface area contributed by atoms with Crippen molar-refractivity contribution >= 4 is 16.0 Å². The Morgan fingerprint density at radius 1 is 1.53 bits per heavy atom. The van der Waals surface area contributed by atoms with Crippen LogP contribution in [0.3, 0.4) is 0 Å². The Labute approximate surface area is 90.2 Å². The average Bonchev–Trinajstić information content (AvgIpc) is 2.15. The van der Waals surface area contributed by atoms with Gasteiger partial charge in [-0.25, -0.2) is 13.1 Å². The van der Waals surface area contributed by atoms with Gasteiger partial charge in [-0.15, -0.1) is 0 Å². The van der Waals surface area contributed by atoms with Crippen LogP contribution in [0.5, 0.6) is 0 Å². The number of hydrogen-bond acceptors (Lipinski definition) is 5. The van der Waals surface area contributed by atoms with E-state index in [-0.39, 0.29) is 31.4 Å². The van der Waals surface area contributed by atoms with Gasteiger partial charge in [0.25, 0.3) is 0 Å². The second kappa shape index (κ2) is 6.76. The highest BCUT2D eigenvalue weighted by Gasteiger charge is 2.15. The van der Waals surface area contributed by atoms with Crippen molar-refractivity contribution in [3.05, 3.63) is 0 Å². The standard InChI is InChI=1S/C8H18N2O4S/c1-3-14-8(11)4-5-15(12,13)10-7(2)6-9/h7,10H,3-6,9H2,1-2H3/t7-/m1/s1. The number of nitrogens with one attached hydrogen (secondary N) is 1. The molecular weight excluding hydrogens is 220 g/mol. The quantitative estimate of drug-likeness (QED) is 0.566. The molecule has 6 nitrogen and oxygen atoms in total. The van der Waals surface area contributed by atoms with Crippen molar-refractivity contribution in [3.8, 4) is 0 Å². The van der Waals surface area contributed by atoms with Crippen LogP contribution < -0.4 is 10.5 Å². The van der Waals surface area contributed by atoms with Crippen LogP contribution in [-0.2, 0) is 19.6 Å². The third-order valence-corrected chi connectivity index (χ3v) is 3.12. The number of rotatable bonds is 7. The zero-order valence-corrected chi connectivity index (χ0v) is 9.84. The Bertz CT molecular complexity index is 289. The van der Waals surface area contributed by atoms with E-state index >= 15 is 0 Å². The van der Waals surface area contributed by atoms with Gasteiger partial charge < -0.3 is 10.5 Å². The second-order valence-electron chi connectivity index (χ2n) is 3.13. The minimum Gasteiger partial charge on any atom is -0.466 e. The van der Waals surface area contributed by atoms with E-state index in [1.165, 1.54) is 0 Å². The average molecular weight is 238 g/mol. The zero-order valence-electron chi connectivity index (χ0n) is 9.02. The van der Waals surface area contributed by atoms with Gasteiger partial charge in [0.1, 0.15) is 0 Å². The van der Waals surface area contributed by atoms with Crippen LogP contribution in [-0.4, -0.2) is 39.3 Å². The minimum absolute atomic E-state index is 0.138. The molecule has 0 unspecified atom stereocenters. The highest BCUT2D eigenvalue weighted by molar-refractivity contribution is 7.89. The van der Waals surface area contributed by atoms with E-state index < -0.39 is 16.0 Å². The van der Waals surface area contributed by atoms with Gasteiger partial charge >= 0.3 is 5.97 Å². The summed E-state index contributed by atoms with van der Waals surface area (Å²) in [5.41, 5.74) is 5.26. The number of hydrogen-bond donors (Lipinski definition) is 2. The number of nitrogens with two attached hydrogens (primary N) is 1. The van der Waals surface area contributed by atoms with Crippen molar-refractivity contribution in [1.82, 2.24) is 4.72 Å². The van der Waals surface area contributed by atoms with Crippen LogP contribution in [0, 0.1) is 0 Å². The van der Waals surface area contributed by atoms with Crippen molar-refractivity contribution in [2.75, 3.05) is 18.9 Å². The summed E-state index contributed by atoms with van der Waals surface area (Å²) in [6, 6.07) is -0.322. The van der Waals surface area contributed by atoms with Gasteiger partial charge in [0.15, 0.2) is 0 Å². The van der Waals surface area contributed by atoms with Gasteiger partial charge in [-0.2, -0.15) is 0 Å². The van der Waals surface area contributed by atoms with E-state index in [1.807, 2.05) is 0 Å². The van der Waals surface area contributed by atoms with Crippen molar-refractivity contribution in [2.45, 2.75) is 26.3 Å². The lowest BCUT2D eigenvalue weighted by Crippen LogP contribution is -2.39. The Morgan fingerprint density at radius 2 is 2.13 bits per heavy atom. The molecule has 0 bridgehead atoms. The van der Waals surface area contributed by atoms with Crippen LogP contribution in [0.25, 0.3) is 0 Å². The van der Waals surface area contributed by atoms with E-state index in [2.05, 4.69) is 9.46 Å². The molecule has 0 saturated heterocycles. The zero-order chi connectivity index (χ0) is 11.9. The van der Waals surface area contributed by atoms with E-state index in [0.29, 0.717) is 0 Å². The molecule has 0 aliphatic rings. The molecule has 0 aromatic rings. The number of ether oxygens (including phenoxy) is 1. The molecule has 0 aliphatic heterocycles. The number of sulfonamides is 1. The fourth-order valence-electron chi connectivity index (χ4n) is 0.864. The maximum Gasteiger partial charge on any atom is 0.306 e. The number of carbonyl (C=O) groups is 1. The number of carbonyl (C=O) groups excluding carboxylic acids is 1. The minimum atomic E-state index is -3.44. The largest absolute Gasteiger partial charge is 0.466 e. The van der Waals surface area contributed by atoms with Crippen molar-refractivity contribution in [2.24, 2.45) is 5.73 Å². The molecule has 1 atom stereocenters. The third-order valence-electron chi connectivity index (χ3n) is 1.61. The fraction of sp³-hybridized carbons (Fsp3) is 0.875. The lowest BCUT2D eigenvalue weighted by molar-refractivity contribution is -0.142.